The van der Waals surface area contributed by atoms with Gasteiger partial charge in [-0.25, -0.2) is 4.98 Å². The number of carbonyl (C=O) groups is 1. The molecular formula is C28H29ClN6O. The largest absolute Gasteiger partial charge is 0.359 e. The number of nitrogens with zero attached hydrogens (tertiary/aromatic N) is 4. The Hall–Kier alpha value is -3.42. The van der Waals surface area contributed by atoms with Crippen molar-refractivity contribution in [2.75, 3.05) is 26.0 Å². The highest BCUT2D eigenvalue weighted by Gasteiger charge is 2.29. The van der Waals surface area contributed by atoms with Crippen molar-refractivity contribution in [2.45, 2.75) is 38.1 Å². The molecule has 2 aromatic heterocycles. The van der Waals surface area contributed by atoms with Crippen LogP contribution in [0.1, 0.15) is 41.0 Å². The maximum atomic E-state index is 12.1. The van der Waals surface area contributed by atoms with Crippen LogP contribution in [0.4, 0.5) is 11.6 Å². The van der Waals surface area contributed by atoms with Gasteiger partial charge < -0.3 is 15.5 Å². The third kappa shape index (κ3) is 4.12. The summed E-state index contributed by atoms with van der Waals surface area (Å²) in [6, 6.07) is 12.5. The summed E-state index contributed by atoms with van der Waals surface area (Å²) in [5.41, 5.74) is 7.27. The van der Waals surface area contributed by atoms with E-state index in [-0.39, 0.29) is 12.3 Å². The molecule has 184 valence electrons. The highest BCUT2D eigenvalue weighted by molar-refractivity contribution is 6.32. The smallest absolute Gasteiger partial charge is 0.229 e. The maximum absolute atomic E-state index is 12.1. The SMILES string of the molecule is CNC(=O)Cc1cn(-c2nc(Nc3cc4c5c(c3)CN(C)CC5CCC4)ncc2Cl)c2ccccc12. The Bertz CT molecular complexity index is 1480. The zero-order valence-corrected chi connectivity index (χ0v) is 21.3. The summed E-state index contributed by atoms with van der Waals surface area (Å²) in [7, 11) is 3.85. The normalized spacial score (nSPS) is 17.1. The van der Waals surface area contributed by atoms with Crippen molar-refractivity contribution >= 4 is 40.0 Å². The first-order valence-corrected chi connectivity index (χ1v) is 12.8. The van der Waals surface area contributed by atoms with E-state index in [0.29, 0.717) is 22.7 Å². The molecule has 1 aliphatic carbocycles. The number of hydrogen-bond acceptors (Lipinski definition) is 5. The fourth-order valence-electron chi connectivity index (χ4n) is 5.85. The second-order valence-corrected chi connectivity index (χ2v) is 10.3. The van der Waals surface area contributed by atoms with E-state index in [0.717, 1.165) is 41.7 Å². The minimum atomic E-state index is -0.0432. The minimum Gasteiger partial charge on any atom is -0.359 e. The van der Waals surface area contributed by atoms with Gasteiger partial charge in [-0.15, -0.1) is 0 Å². The third-order valence-electron chi connectivity index (χ3n) is 7.36. The van der Waals surface area contributed by atoms with Crippen molar-refractivity contribution in [3.8, 4) is 5.82 Å². The molecule has 0 spiro atoms. The van der Waals surface area contributed by atoms with Crippen molar-refractivity contribution in [1.82, 2.24) is 24.8 Å². The number of benzene rings is 2. The average molecular weight is 501 g/mol. The van der Waals surface area contributed by atoms with Gasteiger partial charge in [0.05, 0.1) is 18.1 Å². The molecule has 1 atom stereocenters. The van der Waals surface area contributed by atoms with Gasteiger partial charge in [-0.1, -0.05) is 29.8 Å². The van der Waals surface area contributed by atoms with Gasteiger partial charge in [0.1, 0.15) is 5.02 Å². The molecular weight excluding hydrogens is 472 g/mol. The summed E-state index contributed by atoms with van der Waals surface area (Å²) < 4.78 is 1.94. The number of carbonyl (C=O) groups excluding carboxylic acids is 1. The van der Waals surface area contributed by atoms with E-state index in [2.05, 4.69) is 39.7 Å². The Balaban J connectivity index is 1.38. The lowest BCUT2D eigenvalue weighted by Crippen LogP contribution is -2.33. The topological polar surface area (TPSA) is 75.1 Å². The second kappa shape index (κ2) is 9.22. The molecule has 7 nitrogen and oxygen atoms in total. The molecule has 1 aliphatic heterocycles. The average Bonchev–Trinajstić information content (AvgIpc) is 3.23. The van der Waals surface area contributed by atoms with Crippen LogP contribution < -0.4 is 10.6 Å². The lowest BCUT2D eigenvalue weighted by atomic mass is 9.77. The van der Waals surface area contributed by atoms with Gasteiger partial charge in [0.2, 0.25) is 11.9 Å². The molecule has 0 fully saturated rings. The van der Waals surface area contributed by atoms with Crippen molar-refractivity contribution < 1.29 is 4.79 Å². The van der Waals surface area contributed by atoms with Crippen LogP contribution in [0.3, 0.4) is 0 Å². The number of hydrogen-bond donors (Lipinski definition) is 2. The number of halogens is 1. The van der Waals surface area contributed by atoms with E-state index in [9.17, 15) is 4.79 Å². The van der Waals surface area contributed by atoms with E-state index in [4.69, 9.17) is 16.6 Å². The number of aromatic nitrogens is 3. The molecule has 0 radical (unpaired) electrons. The molecule has 8 heteroatoms. The lowest BCUT2D eigenvalue weighted by Gasteiger charge is -2.37. The summed E-state index contributed by atoms with van der Waals surface area (Å²) in [6.45, 7) is 2.10. The number of aryl methyl sites for hydroxylation is 1. The van der Waals surface area contributed by atoms with Crippen LogP contribution in [0, 0.1) is 0 Å². The van der Waals surface area contributed by atoms with E-state index in [1.54, 1.807) is 18.8 Å². The van der Waals surface area contributed by atoms with Crippen molar-refractivity contribution in [1.29, 1.82) is 0 Å². The number of amides is 1. The zero-order chi connectivity index (χ0) is 24.8. The van der Waals surface area contributed by atoms with Crippen LogP contribution in [-0.2, 0) is 24.2 Å². The van der Waals surface area contributed by atoms with Crippen LogP contribution in [-0.4, -0.2) is 46.0 Å². The molecule has 6 rings (SSSR count). The fourth-order valence-corrected chi connectivity index (χ4v) is 6.04. The van der Waals surface area contributed by atoms with Crippen LogP contribution in [0.15, 0.2) is 48.8 Å². The Morgan fingerprint density at radius 1 is 1.22 bits per heavy atom. The van der Waals surface area contributed by atoms with E-state index in [1.807, 2.05) is 35.0 Å². The fraction of sp³-hybridized carbons (Fsp3) is 0.321. The number of rotatable bonds is 5. The lowest BCUT2D eigenvalue weighted by molar-refractivity contribution is -0.119. The standard InChI is InChI=1S/C28H29ClN6O/c1-30-25(36)12-19-16-35(24-9-4-3-8-22(19)24)27-23(29)13-31-28(33-27)32-21-10-17-6-5-7-18-14-34(2)15-20(11-21)26(17)18/h3-4,8-11,13,16,18H,5-7,12,14-15H2,1-2H3,(H,30,36)(H,31,32,33). The van der Waals surface area contributed by atoms with Crippen molar-refractivity contribution in [3.05, 3.63) is 76.1 Å². The van der Waals surface area contributed by atoms with Crippen molar-refractivity contribution in [2.24, 2.45) is 0 Å². The highest BCUT2D eigenvalue weighted by atomic mass is 35.5. The number of fused-ring (bicyclic) bond motifs is 1. The van der Waals surface area contributed by atoms with E-state index < -0.39 is 0 Å². The van der Waals surface area contributed by atoms with Gasteiger partial charge in [0.25, 0.3) is 0 Å². The van der Waals surface area contributed by atoms with Gasteiger partial charge >= 0.3 is 0 Å². The molecule has 0 saturated carbocycles. The minimum absolute atomic E-state index is 0.0432. The molecule has 2 N–H and O–H groups in total. The molecule has 2 aliphatic rings. The predicted molar refractivity (Wildman–Crippen MR) is 143 cm³/mol. The van der Waals surface area contributed by atoms with Gasteiger partial charge in [-0.2, -0.15) is 4.98 Å². The number of likely N-dealkylation sites (N-methyl/N-ethyl adjacent to an activating group) is 2. The second-order valence-electron chi connectivity index (χ2n) is 9.88. The Kier molecular flexibility index (Phi) is 5.90. The summed E-state index contributed by atoms with van der Waals surface area (Å²) >= 11 is 6.60. The first-order chi connectivity index (χ1) is 17.5. The molecule has 0 bridgehead atoms. The number of para-hydroxylation sites is 1. The molecule has 1 unspecified atom stereocenters. The number of anilines is 2. The monoisotopic (exact) mass is 500 g/mol. The Morgan fingerprint density at radius 3 is 2.92 bits per heavy atom. The summed E-state index contributed by atoms with van der Waals surface area (Å²) in [4.78, 5) is 23.8. The molecule has 4 aromatic rings. The quantitative estimate of drug-likeness (QED) is 0.404. The van der Waals surface area contributed by atoms with Gasteiger partial charge in [0.15, 0.2) is 5.82 Å². The van der Waals surface area contributed by atoms with Crippen LogP contribution in [0.2, 0.25) is 5.02 Å². The van der Waals surface area contributed by atoms with Crippen molar-refractivity contribution in [3.63, 3.8) is 0 Å². The van der Waals surface area contributed by atoms with Crippen LogP contribution in [0.5, 0.6) is 0 Å². The molecule has 0 saturated heterocycles. The predicted octanol–water partition coefficient (Wildman–Crippen LogP) is 4.97. The van der Waals surface area contributed by atoms with Gasteiger partial charge in [-0.05, 0) is 72.7 Å². The molecule has 2 aromatic carbocycles. The number of nitrogens with one attached hydrogen (secondary N) is 2. The summed E-state index contributed by atoms with van der Waals surface area (Å²) in [5.74, 6) is 1.66. The third-order valence-corrected chi connectivity index (χ3v) is 7.63. The Morgan fingerprint density at radius 2 is 2.06 bits per heavy atom. The first kappa shape index (κ1) is 23.0. The van der Waals surface area contributed by atoms with Crippen LogP contribution >= 0.6 is 11.6 Å². The maximum Gasteiger partial charge on any atom is 0.229 e. The summed E-state index contributed by atoms with van der Waals surface area (Å²) in [6.07, 6.45) is 7.48. The first-order valence-electron chi connectivity index (χ1n) is 12.4. The van der Waals surface area contributed by atoms with E-state index >= 15 is 0 Å². The van der Waals surface area contributed by atoms with E-state index in [1.165, 1.54) is 24.0 Å². The highest BCUT2D eigenvalue weighted by Crippen LogP contribution is 2.40. The van der Waals surface area contributed by atoms with Crippen LogP contribution in [0.25, 0.3) is 16.7 Å². The molecule has 1 amide bonds. The molecule has 3 heterocycles. The van der Waals surface area contributed by atoms with Gasteiger partial charge in [0, 0.05) is 37.4 Å². The van der Waals surface area contributed by atoms with Gasteiger partial charge in [-0.3, -0.25) is 9.36 Å². The Labute approximate surface area is 215 Å². The molecule has 36 heavy (non-hydrogen) atoms. The summed E-state index contributed by atoms with van der Waals surface area (Å²) in [5, 5.41) is 7.58. The zero-order valence-electron chi connectivity index (χ0n) is 20.5.